The highest BCUT2D eigenvalue weighted by Gasteiger charge is 2.22. The van der Waals surface area contributed by atoms with Crippen LogP contribution in [0.1, 0.15) is 19.4 Å². The Kier molecular flexibility index (Phi) is 3.23. The van der Waals surface area contributed by atoms with Crippen molar-refractivity contribution in [3.63, 3.8) is 0 Å². The molecule has 0 fully saturated rings. The van der Waals surface area contributed by atoms with Gasteiger partial charge in [0.15, 0.2) is 0 Å². The predicted octanol–water partition coefficient (Wildman–Crippen LogP) is 3.26. The molecule has 72 valence electrons. The Morgan fingerprint density at radius 1 is 1.31 bits per heavy atom. The molecule has 0 spiro atoms. The molecule has 3 heteroatoms. The minimum Gasteiger partial charge on any atom is -0.395 e. The molecule has 0 amide bonds. The van der Waals surface area contributed by atoms with Crippen LogP contribution in [0.4, 0.5) is 0 Å². The molecule has 1 aromatic rings. The summed E-state index contributed by atoms with van der Waals surface area (Å²) in [6.45, 7) is 3.89. The monoisotopic (exact) mass is 218 g/mol. The number of aliphatic hydroxyl groups is 1. The SMILES string of the molecule is CC(C)(CO)c1cccc(Cl)c1Cl. The molecule has 0 aromatic heterocycles. The van der Waals surface area contributed by atoms with Gasteiger partial charge in [-0.1, -0.05) is 49.2 Å². The summed E-state index contributed by atoms with van der Waals surface area (Å²) in [7, 11) is 0. The van der Waals surface area contributed by atoms with Crippen LogP contribution in [0.5, 0.6) is 0 Å². The fourth-order valence-corrected chi connectivity index (χ4v) is 1.67. The molecule has 1 aromatic carbocycles. The molecule has 0 radical (unpaired) electrons. The Bertz CT molecular complexity index is 308. The molecule has 0 atom stereocenters. The topological polar surface area (TPSA) is 20.2 Å². The van der Waals surface area contributed by atoms with E-state index < -0.39 is 0 Å². The van der Waals surface area contributed by atoms with E-state index in [1.807, 2.05) is 26.0 Å². The van der Waals surface area contributed by atoms with E-state index in [2.05, 4.69) is 0 Å². The van der Waals surface area contributed by atoms with Crippen LogP contribution in [0.15, 0.2) is 18.2 Å². The number of halogens is 2. The van der Waals surface area contributed by atoms with Crippen molar-refractivity contribution in [1.29, 1.82) is 0 Å². The molecule has 0 aliphatic carbocycles. The Balaban J connectivity index is 3.22. The zero-order chi connectivity index (χ0) is 10.1. The lowest BCUT2D eigenvalue weighted by Gasteiger charge is -2.23. The van der Waals surface area contributed by atoms with Gasteiger partial charge in [-0.25, -0.2) is 0 Å². The van der Waals surface area contributed by atoms with Crippen LogP contribution in [0, 0.1) is 0 Å². The molecule has 0 saturated heterocycles. The van der Waals surface area contributed by atoms with Gasteiger partial charge in [0.25, 0.3) is 0 Å². The maximum absolute atomic E-state index is 9.16. The van der Waals surface area contributed by atoms with Crippen molar-refractivity contribution >= 4 is 23.2 Å². The molecule has 0 bridgehead atoms. The highest BCUT2D eigenvalue weighted by Crippen LogP contribution is 2.33. The third-order valence-corrected chi connectivity index (χ3v) is 2.89. The first-order chi connectivity index (χ1) is 5.99. The highest BCUT2D eigenvalue weighted by atomic mass is 35.5. The van der Waals surface area contributed by atoms with Crippen LogP contribution >= 0.6 is 23.2 Å². The first kappa shape index (κ1) is 10.8. The summed E-state index contributed by atoms with van der Waals surface area (Å²) < 4.78 is 0. The van der Waals surface area contributed by atoms with Gasteiger partial charge in [-0.3, -0.25) is 0 Å². The molecule has 1 nitrogen and oxygen atoms in total. The summed E-state index contributed by atoms with van der Waals surface area (Å²) in [5, 5.41) is 10.2. The lowest BCUT2D eigenvalue weighted by molar-refractivity contribution is 0.218. The lowest BCUT2D eigenvalue weighted by atomic mass is 9.86. The fraction of sp³-hybridized carbons (Fsp3) is 0.400. The molecule has 0 unspecified atom stereocenters. The summed E-state index contributed by atoms with van der Waals surface area (Å²) in [5.74, 6) is 0. The molecule has 0 heterocycles. The van der Waals surface area contributed by atoms with E-state index in [0.717, 1.165) is 5.56 Å². The van der Waals surface area contributed by atoms with Crippen LogP contribution in [-0.2, 0) is 5.41 Å². The van der Waals surface area contributed by atoms with E-state index in [-0.39, 0.29) is 12.0 Å². The van der Waals surface area contributed by atoms with Crippen LogP contribution in [0.3, 0.4) is 0 Å². The Morgan fingerprint density at radius 2 is 1.92 bits per heavy atom. The van der Waals surface area contributed by atoms with Gasteiger partial charge in [-0.05, 0) is 11.6 Å². The van der Waals surface area contributed by atoms with Crippen molar-refractivity contribution < 1.29 is 5.11 Å². The number of rotatable bonds is 2. The van der Waals surface area contributed by atoms with E-state index in [1.54, 1.807) is 6.07 Å². The zero-order valence-electron chi connectivity index (χ0n) is 7.64. The van der Waals surface area contributed by atoms with E-state index in [1.165, 1.54) is 0 Å². The Labute approximate surface area is 88.3 Å². The molecule has 0 aliphatic rings. The van der Waals surface area contributed by atoms with Gasteiger partial charge in [0.1, 0.15) is 0 Å². The van der Waals surface area contributed by atoms with Crippen LogP contribution in [-0.4, -0.2) is 11.7 Å². The maximum Gasteiger partial charge on any atom is 0.0630 e. The van der Waals surface area contributed by atoms with Crippen molar-refractivity contribution in [1.82, 2.24) is 0 Å². The van der Waals surface area contributed by atoms with Crippen LogP contribution in [0.25, 0.3) is 0 Å². The fourth-order valence-electron chi connectivity index (χ4n) is 1.11. The molecule has 1 rings (SSSR count). The number of hydrogen-bond acceptors (Lipinski definition) is 1. The van der Waals surface area contributed by atoms with Gasteiger partial charge >= 0.3 is 0 Å². The minimum absolute atomic E-state index is 0.0487. The summed E-state index contributed by atoms with van der Waals surface area (Å²) in [6.07, 6.45) is 0. The molecule has 0 aliphatic heterocycles. The lowest BCUT2D eigenvalue weighted by Crippen LogP contribution is -2.22. The summed E-state index contributed by atoms with van der Waals surface area (Å²) >= 11 is 11.9. The van der Waals surface area contributed by atoms with Gasteiger partial charge in [0, 0.05) is 5.41 Å². The second-order valence-electron chi connectivity index (χ2n) is 3.64. The molecular formula is C10H12Cl2O. The zero-order valence-corrected chi connectivity index (χ0v) is 9.15. The maximum atomic E-state index is 9.16. The minimum atomic E-state index is -0.345. The molecular weight excluding hydrogens is 207 g/mol. The van der Waals surface area contributed by atoms with Crippen LogP contribution < -0.4 is 0 Å². The van der Waals surface area contributed by atoms with Gasteiger partial charge in [0.05, 0.1) is 16.7 Å². The Morgan fingerprint density at radius 3 is 2.46 bits per heavy atom. The second kappa shape index (κ2) is 3.87. The average molecular weight is 219 g/mol. The summed E-state index contributed by atoms with van der Waals surface area (Å²) in [4.78, 5) is 0. The third kappa shape index (κ3) is 2.16. The normalized spacial score (nSPS) is 11.8. The van der Waals surface area contributed by atoms with Gasteiger partial charge in [0.2, 0.25) is 0 Å². The quantitative estimate of drug-likeness (QED) is 0.809. The molecule has 0 saturated carbocycles. The van der Waals surface area contributed by atoms with Crippen molar-refractivity contribution in [3.05, 3.63) is 33.8 Å². The van der Waals surface area contributed by atoms with Crippen molar-refractivity contribution in [2.75, 3.05) is 6.61 Å². The standard InChI is InChI=1S/C10H12Cl2O/c1-10(2,6-13)7-4-3-5-8(11)9(7)12/h3-5,13H,6H2,1-2H3. The van der Waals surface area contributed by atoms with Gasteiger partial charge in [-0.2, -0.15) is 0 Å². The summed E-state index contributed by atoms with van der Waals surface area (Å²) in [5.41, 5.74) is 0.534. The number of aliphatic hydroxyl groups excluding tert-OH is 1. The van der Waals surface area contributed by atoms with E-state index in [0.29, 0.717) is 10.0 Å². The molecule has 1 N–H and O–H groups in total. The number of benzene rings is 1. The smallest absolute Gasteiger partial charge is 0.0630 e. The second-order valence-corrected chi connectivity index (χ2v) is 4.43. The first-order valence-corrected chi connectivity index (χ1v) is 4.80. The van der Waals surface area contributed by atoms with Gasteiger partial charge in [-0.15, -0.1) is 0 Å². The van der Waals surface area contributed by atoms with Crippen molar-refractivity contribution in [2.45, 2.75) is 19.3 Å². The van der Waals surface area contributed by atoms with Crippen molar-refractivity contribution in [2.24, 2.45) is 0 Å². The van der Waals surface area contributed by atoms with Crippen LogP contribution in [0.2, 0.25) is 10.0 Å². The van der Waals surface area contributed by atoms with Crippen molar-refractivity contribution in [3.8, 4) is 0 Å². The third-order valence-electron chi connectivity index (χ3n) is 2.08. The van der Waals surface area contributed by atoms with E-state index in [4.69, 9.17) is 28.3 Å². The van der Waals surface area contributed by atoms with E-state index in [9.17, 15) is 0 Å². The Hall–Kier alpha value is -0.240. The largest absolute Gasteiger partial charge is 0.395 e. The highest BCUT2D eigenvalue weighted by molar-refractivity contribution is 6.42. The summed E-state index contributed by atoms with van der Waals surface area (Å²) in [6, 6.07) is 5.45. The first-order valence-electron chi connectivity index (χ1n) is 4.04. The average Bonchev–Trinajstić information content (AvgIpc) is 2.09. The number of hydrogen-bond donors (Lipinski definition) is 1. The predicted molar refractivity (Wildman–Crippen MR) is 56.6 cm³/mol. The molecule has 13 heavy (non-hydrogen) atoms. The van der Waals surface area contributed by atoms with Gasteiger partial charge < -0.3 is 5.11 Å². The van der Waals surface area contributed by atoms with E-state index >= 15 is 0 Å².